The van der Waals surface area contributed by atoms with Gasteiger partial charge in [0, 0.05) is 4.47 Å². The number of rotatable bonds is 3. The molecule has 0 amide bonds. The molecule has 0 bridgehead atoms. The van der Waals surface area contributed by atoms with Crippen molar-refractivity contribution in [1.82, 2.24) is 0 Å². The molecule has 1 aromatic rings. The molecule has 0 spiro atoms. The van der Waals surface area contributed by atoms with E-state index in [1.165, 1.54) is 0 Å². The molecular weight excluding hydrogens is 300 g/mol. The fourth-order valence-electron chi connectivity index (χ4n) is 2.32. The van der Waals surface area contributed by atoms with E-state index in [0.717, 1.165) is 10.0 Å². The number of halogens is 1. The van der Waals surface area contributed by atoms with E-state index < -0.39 is 0 Å². The van der Waals surface area contributed by atoms with E-state index in [4.69, 9.17) is 18.9 Å². The van der Waals surface area contributed by atoms with Crippen molar-refractivity contribution in [2.24, 2.45) is 0 Å². The van der Waals surface area contributed by atoms with E-state index in [9.17, 15) is 0 Å². The van der Waals surface area contributed by atoms with Gasteiger partial charge in [-0.2, -0.15) is 0 Å². The summed E-state index contributed by atoms with van der Waals surface area (Å²) < 4.78 is 23.5. The first-order valence-electron chi connectivity index (χ1n) is 6.06. The third-order valence-electron chi connectivity index (χ3n) is 3.12. The lowest BCUT2D eigenvalue weighted by atomic mass is 9.98. The molecule has 0 aromatic heterocycles. The molecule has 0 radical (unpaired) electrons. The maximum absolute atomic E-state index is 5.62. The molecule has 0 N–H and O–H groups in total. The maximum Gasteiger partial charge on any atom is 0.169 e. The van der Waals surface area contributed by atoms with Crippen LogP contribution in [-0.4, -0.2) is 39.0 Å². The molecule has 18 heavy (non-hydrogen) atoms. The van der Waals surface area contributed by atoms with Gasteiger partial charge in [-0.3, -0.25) is 0 Å². The molecule has 0 aliphatic carbocycles. The zero-order chi connectivity index (χ0) is 12.4. The fourth-order valence-corrected chi connectivity index (χ4v) is 2.74. The van der Waals surface area contributed by atoms with Gasteiger partial charge in [0.15, 0.2) is 12.6 Å². The lowest BCUT2D eigenvalue weighted by molar-refractivity contribution is -0.145. The van der Waals surface area contributed by atoms with Crippen LogP contribution in [0.15, 0.2) is 28.7 Å². The highest BCUT2D eigenvalue weighted by atomic mass is 79.9. The monoisotopic (exact) mass is 314 g/mol. The molecule has 0 unspecified atom stereocenters. The van der Waals surface area contributed by atoms with Gasteiger partial charge < -0.3 is 18.9 Å². The molecule has 1 aromatic carbocycles. The lowest BCUT2D eigenvalue weighted by Gasteiger charge is -2.26. The van der Waals surface area contributed by atoms with Crippen LogP contribution in [0.3, 0.4) is 0 Å². The smallest absolute Gasteiger partial charge is 0.169 e. The van der Waals surface area contributed by atoms with E-state index in [2.05, 4.69) is 22.0 Å². The second-order valence-corrected chi connectivity index (χ2v) is 5.22. The van der Waals surface area contributed by atoms with Crippen LogP contribution in [0, 0.1) is 0 Å². The van der Waals surface area contributed by atoms with E-state index in [-0.39, 0.29) is 18.5 Å². The Bertz CT molecular complexity index is 384. The maximum atomic E-state index is 5.62. The summed E-state index contributed by atoms with van der Waals surface area (Å²) in [6.07, 6.45) is -0.579. The van der Waals surface area contributed by atoms with Crippen LogP contribution in [0.5, 0.6) is 0 Å². The fraction of sp³-hybridized carbons (Fsp3) is 0.538. The zero-order valence-electron chi connectivity index (χ0n) is 9.88. The van der Waals surface area contributed by atoms with Gasteiger partial charge in [-0.25, -0.2) is 0 Å². The highest BCUT2D eigenvalue weighted by Crippen LogP contribution is 2.33. The summed E-state index contributed by atoms with van der Waals surface area (Å²) in [4.78, 5) is 0. The Hall–Kier alpha value is -0.460. The third kappa shape index (κ3) is 2.60. The first-order chi connectivity index (χ1) is 8.84. The Kier molecular flexibility index (Phi) is 3.96. The van der Waals surface area contributed by atoms with Gasteiger partial charge in [0.1, 0.15) is 0 Å². The Morgan fingerprint density at radius 2 is 1.50 bits per heavy atom. The Balaban J connectivity index is 1.88. The summed E-state index contributed by atoms with van der Waals surface area (Å²) in [7, 11) is 0. The molecule has 2 saturated heterocycles. The molecule has 4 nitrogen and oxygen atoms in total. The van der Waals surface area contributed by atoms with Crippen LogP contribution < -0.4 is 0 Å². The molecule has 2 heterocycles. The summed E-state index contributed by atoms with van der Waals surface area (Å²) in [5.41, 5.74) is 1.10. The minimum Gasteiger partial charge on any atom is -0.349 e. The molecular formula is C13H15BrO4. The van der Waals surface area contributed by atoms with Crippen molar-refractivity contribution in [1.29, 1.82) is 0 Å². The summed E-state index contributed by atoms with van der Waals surface area (Å²) in [5.74, 6) is -0.0486. The minimum atomic E-state index is -0.289. The molecule has 0 saturated carbocycles. The van der Waals surface area contributed by atoms with Gasteiger partial charge in [-0.15, -0.1) is 0 Å². The summed E-state index contributed by atoms with van der Waals surface area (Å²) in [6, 6.07) is 8.09. The Morgan fingerprint density at radius 1 is 0.944 bits per heavy atom. The van der Waals surface area contributed by atoms with Crippen LogP contribution in [0.2, 0.25) is 0 Å². The van der Waals surface area contributed by atoms with Gasteiger partial charge in [-0.1, -0.05) is 28.1 Å². The largest absolute Gasteiger partial charge is 0.349 e. The lowest BCUT2D eigenvalue weighted by Crippen LogP contribution is -2.31. The third-order valence-corrected chi connectivity index (χ3v) is 3.61. The van der Waals surface area contributed by atoms with Gasteiger partial charge in [-0.05, 0) is 17.7 Å². The van der Waals surface area contributed by atoms with Crippen molar-refractivity contribution in [2.45, 2.75) is 18.5 Å². The predicted molar refractivity (Wildman–Crippen MR) is 68.3 cm³/mol. The van der Waals surface area contributed by atoms with E-state index in [0.29, 0.717) is 26.4 Å². The van der Waals surface area contributed by atoms with Crippen molar-refractivity contribution in [3.05, 3.63) is 34.3 Å². The second-order valence-electron chi connectivity index (χ2n) is 4.30. The Labute approximate surface area is 114 Å². The van der Waals surface area contributed by atoms with Crippen LogP contribution in [-0.2, 0) is 18.9 Å². The first kappa shape index (κ1) is 12.6. The van der Waals surface area contributed by atoms with E-state index in [1.807, 2.05) is 18.2 Å². The Morgan fingerprint density at radius 3 is 2.00 bits per heavy atom. The molecule has 98 valence electrons. The highest BCUT2D eigenvalue weighted by Gasteiger charge is 2.38. The number of ether oxygens (including phenoxy) is 4. The van der Waals surface area contributed by atoms with Crippen molar-refractivity contribution >= 4 is 15.9 Å². The van der Waals surface area contributed by atoms with Crippen LogP contribution in [0.25, 0.3) is 0 Å². The molecule has 0 atom stereocenters. The SMILES string of the molecule is Brc1cccc(C(C2OCCO2)C2OCCO2)c1. The van der Waals surface area contributed by atoms with Crippen molar-refractivity contribution in [3.8, 4) is 0 Å². The normalized spacial score (nSPS) is 22.1. The summed E-state index contributed by atoms with van der Waals surface area (Å²) in [5, 5.41) is 0. The van der Waals surface area contributed by atoms with Gasteiger partial charge in [0.25, 0.3) is 0 Å². The summed E-state index contributed by atoms with van der Waals surface area (Å²) >= 11 is 3.48. The zero-order valence-corrected chi connectivity index (χ0v) is 11.5. The van der Waals surface area contributed by atoms with E-state index in [1.54, 1.807) is 0 Å². The number of hydrogen-bond acceptors (Lipinski definition) is 4. The van der Waals surface area contributed by atoms with Crippen LogP contribution in [0.1, 0.15) is 11.5 Å². The molecule has 2 aliphatic heterocycles. The van der Waals surface area contributed by atoms with Gasteiger partial charge >= 0.3 is 0 Å². The first-order valence-corrected chi connectivity index (χ1v) is 6.86. The van der Waals surface area contributed by atoms with Crippen molar-refractivity contribution < 1.29 is 18.9 Å². The van der Waals surface area contributed by atoms with Gasteiger partial charge in [0.05, 0.1) is 32.3 Å². The molecule has 2 fully saturated rings. The van der Waals surface area contributed by atoms with Crippen LogP contribution >= 0.6 is 15.9 Å². The average molecular weight is 315 g/mol. The van der Waals surface area contributed by atoms with Gasteiger partial charge in [0.2, 0.25) is 0 Å². The number of hydrogen-bond donors (Lipinski definition) is 0. The van der Waals surface area contributed by atoms with E-state index >= 15 is 0 Å². The minimum absolute atomic E-state index is 0.0486. The quantitative estimate of drug-likeness (QED) is 0.857. The molecule has 3 rings (SSSR count). The van der Waals surface area contributed by atoms with Crippen LogP contribution in [0.4, 0.5) is 0 Å². The average Bonchev–Trinajstić information content (AvgIpc) is 3.02. The second kappa shape index (κ2) is 5.67. The molecule has 2 aliphatic rings. The van der Waals surface area contributed by atoms with Crippen molar-refractivity contribution in [3.63, 3.8) is 0 Å². The topological polar surface area (TPSA) is 36.9 Å². The predicted octanol–water partition coefficient (Wildman–Crippen LogP) is 2.28. The number of benzene rings is 1. The highest BCUT2D eigenvalue weighted by molar-refractivity contribution is 9.10. The standard InChI is InChI=1S/C13H15BrO4/c14-10-3-1-2-9(8-10)11(12-15-4-5-16-12)13-17-6-7-18-13/h1-3,8,11-13H,4-7H2. The van der Waals surface area contributed by atoms with Crippen molar-refractivity contribution in [2.75, 3.05) is 26.4 Å². The molecule has 5 heteroatoms. The summed E-state index contributed by atoms with van der Waals surface area (Å²) in [6.45, 7) is 2.51.